The van der Waals surface area contributed by atoms with Crippen LogP contribution in [0.2, 0.25) is 0 Å². The molecule has 0 heterocycles. The van der Waals surface area contributed by atoms with Crippen molar-refractivity contribution in [3.63, 3.8) is 0 Å². The molecular formula is C28H36F2O6S. The van der Waals surface area contributed by atoms with E-state index in [1.165, 1.54) is 25.2 Å². The summed E-state index contributed by atoms with van der Waals surface area (Å²) < 4.78 is 39.0. The van der Waals surface area contributed by atoms with Crippen LogP contribution in [0.1, 0.15) is 53.4 Å². The molecule has 2 N–H and O–H groups in total. The molecule has 4 aliphatic rings. The highest BCUT2D eigenvalue weighted by atomic mass is 32.2. The summed E-state index contributed by atoms with van der Waals surface area (Å²) in [5, 5.41) is 20.1. The standard InChI is InChI=1S/C28H36F2O6S/c1-5-23(34)36-28(24(35)37-11-7-6-10-31)16(2)12-18-19-14-21(29)20-13-17(32)8-9-25(20,3)27(19,30)22(33)15-26(18,28)4/h6-9,13,16,18-19,21-22,31,33H,5,10-12,14-15H2,1-4H3/b7-6-/t16-,18+,19+,21+,22+,25+,26+,27+,28+/m1/s1. The molecule has 204 valence electrons. The number of ether oxygens (including phenoxy) is 1. The molecule has 3 fully saturated rings. The number of aliphatic hydroxyl groups is 2. The van der Waals surface area contributed by atoms with Crippen LogP contribution >= 0.6 is 11.8 Å². The van der Waals surface area contributed by atoms with Gasteiger partial charge in [-0.15, -0.1) is 0 Å². The maximum atomic E-state index is 17.4. The third-order valence-corrected chi connectivity index (χ3v) is 10.5. The number of fused-ring (bicyclic) bond motifs is 5. The molecule has 0 amide bonds. The zero-order chi connectivity index (χ0) is 27.4. The second-order valence-corrected chi connectivity index (χ2v) is 12.3. The van der Waals surface area contributed by atoms with Crippen LogP contribution in [0.15, 0.2) is 36.0 Å². The fraction of sp³-hybridized carbons (Fsp3) is 0.679. The van der Waals surface area contributed by atoms with Gasteiger partial charge in [-0.2, -0.15) is 0 Å². The van der Waals surface area contributed by atoms with Gasteiger partial charge in [0.25, 0.3) is 0 Å². The number of hydrogen-bond acceptors (Lipinski definition) is 7. The molecule has 0 aromatic rings. The third kappa shape index (κ3) is 3.82. The first-order chi connectivity index (χ1) is 17.3. The van der Waals surface area contributed by atoms with Crippen LogP contribution in [0.5, 0.6) is 0 Å². The van der Waals surface area contributed by atoms with Gasteiger partial charge in [0.05, 0.1) is 12.7 Å². The monoisotopic (exact) mass is 538 g/mol. The van der Waals surface area contributed by atoms with Gasteiger partial charge in [0.1, 0.15) is 6.17 Å². The number of hydrogen-bond donors (Lipinski definition) is 2. The van der Waals surface area contributed by atoms with Crippen molar-refractivity contribution in [3.05, 3.63) is 36.0 Å². The smallest absolute Gasteiger partial charge is 0.306 e. The fourth-order valence-corrected chi connectivity index (χ4v) is 8.92. The maximum Gasteiger partial charge on any atom is 0.306 e. The predicted molar refractivity (Wildman–Crippen MR) is 136 cm³/mol. The number of esters is 1. The number of alkyl halides is 2. The average Bonchev–Trinajstić information content (AvgIpc) is 3.06. The average molecular weight is 539 g/mol. The summed E-state index contributed by atoms with van der Waals surface area (Å²) in [4.78, 5) is 38.6. The number of thioether (sulfide) groups is 1. The summed E-state index contributed by atoms with van der Waals surface area (Å²) in [6.45, 7) is 6.54. The van der Waals surface area contributed by atoms with Gasteiger partial charge < -0.3 is 14.9 Å². The Morgan fingerprint density at radius 3 is 2.59 bits per heavy atom. The zero-order valence-electron chi connectivity index (χ0n) is 21.7. The van der Waals surface area contributed by atoms with Crippen molar-refractivity contribution >= 4 is 28.6 Å². The Labute approximate surface area is 220 Å². The maximum absolute atomic E-state index is 17.4. The van der Waals surface area contributed by atoms with Gasteiger partial charge in [0.15, 0.2) is 17.1 Å². The number of rotatable bonds is 6. The molecule has 9 atom stereocenters. The lowest BCUT2D eigenvalue weighted by Crippen LogP contribution is -2.70. The molecule has 0 spiro atoms. The summed E-state index contributed by atoms with van der Waals surface area (Å²) in [7, 11) is 0. The molecule has 0 radical (unpaired) electrons. The lowest BCUT2D eigenvalue weighted by molar-refractivity contribution is -0.228. The Morgan fingerprint density at radius 1 is 1.24 bits per heavy atom. The Kier molecular flexibility index (Phi) is 7.40. The first-order valence-corrected chi connectivity index (χ1v) is 13.9. The van der Waals surface area contributed by atoms with Gasteiger partial charge in [0.2, 0.25) is 5.12 Å². The van der Waals surface area contributed by atoms with Crippen LogP contribution < -0.4 is 0 Å². The van der Waals surface area contributed by atoms with E-state index in [1.54, 1.807) is 26.8 Å². The minimum atomic E-state index is -2.27. The van der Waals surface area contributed by atoms with Crippen LogP contribution in [-0.2, 0) is 19.1 Å². The molecule has 0 aliphatic heterocycles. The molecule has 4 aliphatic carbocycles. The van der Waals surface area contributed by atoms with Gasteiger partial charge >= 0.3 is 5.97 Å². The second kappa shape index (κ2) is 9.72. The van der Waals surface area contributed by atoms with E-state index in [2.05, 4.69) is 0 Å². The molecule has 0 aromatic carbocycles. The van der Waals surface area contributed by atoms with E-state index in [9.17, 15) is 19.5 Å². The number of carbonyl (C=O) groups is 3. The van der Waals surface area contributed by atoms with Crippen LogP contribution in [0.4, 0.5) is 8.78 Å². The molecule has 0 saturated heterocycles. The first-order valence-electron chi connectivity index (χ1n) is 12.9. The molecule has 0 bridgehead atoms. The highest BCUT2D eigenvalue weighted by molar-refractivity contribution is 8.14. The molecule has 3 saturated carbocycles. The normalized spacial score (nSPS) is 44.7. The van der Waals surface area contributed by atoms with Crippen molar-refractivity contribution in [2.24, 2.45) is 28.6 Å². The predicted octanol–water partition coefficient (Wildman–Crippen LogP) is 4.05. The van der Waals surface area contributed by atoms with Crippen LogP contribution in [-0.4, -0.2) is 63.0 Å². The van der Waals surface area contributed by atoms with Crippen molar-refractivity contribution < 1.29 is 38.1 Å². The Balaban J connectivity index is 1.82. The molecule has 0 aromatic heterocycles. The summed E-state index contributed by atoms with van der Waals surface area (Å²) >= 11 is 0.950. The van der Waals surface area contributed by atoms with Gasteiger partial charge in [-0.25, -0.2) is 8.78 Å². The number of carbonyl (C=O) groups excluding carboxylic acids is 3. The highest BCUT2D eigenvalue weighted by Gasteiger charge is 2.78. The summed E-state index contributed by atoms with van der Waals surface area (Å²) in [5.74, 6) is -2.76. The minimum absolute atomic E-state index is 0.0359. The van der Waals surface area contributed by atoms with E-state index in [4.69, 9.17) is 9.84 Å². The first kappa shape index (κ1) is 28.2. The molecule has 0 unspecified atom stereocenters. The molecule has 6 nitrogen and oxygen atoms in total. The van der Waals surface area contributed by atoms with E-state index < -0.39 is 69.0 Å². The topological polar surface area (TPSA) is 101 Å². The number of allylic oxidation sites excluding steroid dienone is 4. The van der Waals surface area contributed by atoms with Crippen molar-refractivity contribution in [2.45, 2.75) is 76.9 Å². The van der Waals surface area contributed by atoms with E-state index >= 15 is 8.78 Å². The minimum Gasteiger partial charge on any atom is -0.449 e. The fourth-order valence-electron chi connectivity index (χ4n) is 7.84. The van der Waals surface area contributed by atoms with Gasteiger partial charge in [-0.1, -0.05) is 50.8 Å². The van der Waals surface area contributed by atoms with E-state index in [1.807, 2.05) is 0 Å². The molecule has 4 rings (SSSR count). The molecule has 9 heteroatoms. The quantitative estimate of drug-likeness (QED) is 0.389. The Morgan fingerprint density at radius 2 is 1.95 bits per heavy atom. The van der Waals surface area contributed by atoms with Crippen LogP contribution in [0.25, 0.3) is 0 Å². The highest BCUT2D eigenvalue weighted by Crippen LogP contribution is 2.72. The summed E-state index contributed by atoms with van der Waals surface area (Å²) in [6, 6.07) is 0. The van der Waals surface area contributed by atoms with E-state index in [-0.39, 0.29) is 37.2 Å². The molecular weight excluding hydrogens is 502 g/mol. The van der Waals surface area contributed by atoms with Crippen LogP contribution in [0, 0.1) is 28.6 Å². The number of aliphatic hydroxyl groups excluding tert-OH is 2. The third-order valence-electron chi connectivity index (χ3n) is 9.62. The van der Waals surface area contributed by atoms with Crippen molar-refractivity contribution in [3.8, 4) is 0 Å². The number of ketones is 1. The van der Waals surface area contributed by atoms with Crippen molar-refractivity contribution in [2.75, 3.05) is 12.4 Å². The van der Waals surface area contributed by atoms with Crippen molar-refractivity contribution in [1.82, 2.24) is 0 Å². The van der Waals surface area contributed by atoms with E-state index in [0.29, 0.717) is 6.42 Å². The van der Waals surface area contributed by atoms with Crippen LogP contribution in [0.3, 0.4) is 0 Å². The Hall–Kier alpha value is -1.84. The largest absolute Gasteiger partial charge is 0.449 e. The van der Waals surface area contributed by atoms with Gasteiger partial charge in [-0.05, 0) is 49.8 Å². The number of halogens is 2. The lowest BCUT2D eigenvalue weighted by Gasteiger charge is -2.63. The SMILES string of the molecule is CCC(=O)O[C@]1(C(=O)SC/C=C\CO)[C@H](C)C[C@H]2[C@@H]3C[C@H](F)C4=CC(=O)C=C[C@]4(C)[C@@]3(F)[C@@H](O)C[C@@]21C. The lowest BCUT2D eigenvalue weighted by atomic mass is 9.44. The summed E-state index contributed by atoms with van der Waals surface area (Å²) in [6.07, 6.45) is 3.69. The Bertz CT molecular complexity index is 1070. The van der Waals surface area contributed by atoms with E-state index in [0.717, 1.165) is 17.8 Å². The van der Waals surface area contributed by atoms with Gasteiger partial charge in [0, 0.05) is 34.8 Å². The van der Waals surface area contributed by atoms with Gasteiger partial charge in [-0.3, -0.25) is 14.4 Å². The van der Waals surface area contributed by atoms with Crippen molar-refractivity contribution in [1.29, 1.82) is 0 Å². The molecule has 37 heavy (non-hydrogen) atoms. The summed E-state index contributed by atoms with van der Waals surface area (Å²) in [5.41, 5.74) is -6.53. The second-order valence-electron chi connectivity index (χ2n) is 11.3. The zero-order valence-corrected chi connectivity index (χ0v) is 22.5.